The fourth-order valence-electron chi connectivity index (χ4n) is 3.41. The quantitative estimate of drug-likeness (QED) is 0.651. The van der Waals surface area contributed by atoms with Crippen LogP contribution in [0.25, 0.3) is 0 Å². The minimum absolute atomic E-state index is 0.0343. The molecule has 1 atom stereocenters. The third-order valence-corrected chi connectivity index (χ3v) is 5.10. The summed E-state index contributed by atoms with van der Waals surface area (Å²) in [6.07, 6.45) is 2.48. The van der Waals surface area contributed by atoms with Crippen LogP contribution < -0.4 is 10.1 Å². The number of ether oxygens (including phenoxy) is 2. The van der Waals surface area contributed by atoms with Crippen molar-refractivity contribution in [2.75, 3.05) is 40.0 Å². The fraction of sp³-hybridized carbons (Fsp3) is 0.571. The Balaban J connectivity index is 1.51. The maximum atomic E-state index is 12.4. The summed E-state index contributed by atoms with van der Waals surface area (Å²) in [5, 5.41) is 6.97. The van der Waals surface area contributed by atoms with Crippen molar-refractivity contribution in [2.45, 2.75) is 38.6 Å². The monoisotopic (exact) mass is 402 g/mol. The molecule has 2 heterocycles. The van der Waals surface area contributed by atoms with Gasteiger partial charge in [0.1, 0.15) is 5.75 Å². The molecule has 2 aromatic rings. The maximum absolute atomic E-state index is 12.4. The minimum atomic E-state index is 0.0343. The smallest absolute Gasteiger partial charge is 0.226 e. The molecular formula is C21H30N4O4. The molecule has 1 aliphatic rings. The molecule has 0 spiro atoms. The number of morpholine rings is 1. The number of aromatic nitrogens is 2. The zero-order chi connectivity index (χ0) is 20.5. The van der Waals surface area contributed by atoms with E-state index in [0.717, 1.165) is 30.8 Å². The first-order valence-electron chi connectivity index (χ1n) is 10.2. The van der Waals surface area contributed by atoms with E-state index in [1.54, 1.807) is 7.11 Å². The van der Waals surface area contributed by atoms with Crippen LogP contribution in [0.5, 0.6) is 5.75 Å². The molecule has 3 rings (SSSR count). The molecule has 29 heavy (non-hydrogen) atoms. The molecule has 1 fully saturated rings. The Bertz CT molecular complexity index is 756. The van der Waals surface area contributed by atoms with Gasteiger partial charge in [0.05, 0.1) is 26.4 Å². The summed E-state index contributed by atoms with van der Waals surface area (Å²) in [6, 6.07) is 8.15. The predicted molar refractivity (Wildman–Crippen MR) is 108 cm³/mol. The number of carbonyl (C=O) groups is 1. The van der Waals surface area contributed by atoms with E-state index in [1.165, 1.54) is 0 Å². The van der Waals surface area contributed by atoms with Gasteiger partial charge in [0.25, 0.3) is 0 Å². The highest BCUT2D eigenvalue weighted by molar-refractivity contribution is 5.75. The Morgan fingerprint density at radius 2 is 2.03 bits per heavy atom. The van der Waals surface area contributed by atoms with Gasteiger partial charge >= 0.3 is 0 Å². The highest BCUT2D eigenvalue weighted by Crippen LogP contribution is 2.23. The molecule has 0 saturated carbocycles. The second-order valence-electron chi connectivity index (χ2n) is 7.05. The molecule has 1 amide bonds. The Labute approximate surface area is 171 Å². The van der Waals surface area contributed by atoms with E-state index in [9.17, 15) is 4.79 Å². The number of nitrogens with zero attached hydrogens (tertiary/aromatic N) is 3. The van der Waals surface area contributed by atoms with Crippen LogP contribution in [0.2, 0.25) is 0 Å². The molecule has 1 saturated heterocycles. The van der Waals surface area contributed by atoms with Gasteiger partial charge in [-0.2, -0.15) is 4.98 Å². The SMILES string of the molecule is CCc1noc(CCCC(=O)NCC(c2ccc(OC)cc2)N2CCOCC2)n1. The number of aryl methyl sites for hydroxylation is 2. The van der Waals surface area contributed by atoms with Crippen LogP contribution >= 0.6 is 0 Å². The number of rotatable bonds is 10. The minimum Gasteiger partial charge on any atom is -0.497 e. The van der Waals surface area contributed by atoms with Crippen molar-refractivity contribution in [1.82, 2.24) is 20.4 Å². The van der Waals surface area contributed by atoms with Gasteiger partial charge in [-0.3, -0.25) is 9.69 Å². The van der Waals surface area contributed by atoms with Crippen LogP contribution in [0.1, 0.15) is 43.1 Å². The summed E-state index contributed by atoms with van der Waals surface area (Å²) in [6.45, 7) is 5.67. The molecule has 1 unspecified atom stereocenters. The van der Waals surface area contributed by atoms with E-state index in [2.05, 4.69) is 32.5 Å². The standard InChI is InChI=1S/C21H30N4O4/c1-3-19-23-21(29-24-19)6-4-5-20(26)22-15-18(25-11-13-28-14-12-25)16-7-9-17(27-2)10-8-16/h7-10,18H,3-6,11-15H2,1-2H3,(H,22,26). The second kappa shape index (κ2) is 10.9. The lowest BCUT2D eigenvalue weighted by Gasteiger charge is -2.35. The summed E-state index contributed by atoms with van der Waals surface area (Å²) >= 11 is 0. The highest BCUT2D eigenvalue weighted by Gasteiger charge is 2.23. The van der Waals surface area contributed by atoms with E-state index in [1.807, 2.05) is 19.1 Å². The van der Waals surface area contributed by atoms with Gasteiger partial charge in [-0.15, -0.1) is 0 Å². The molecule has 158 valence electrons. The zero-order valence-electron chi connectivity index (χ0n) is 17.2. The molecule has 1 N–H and O–H groups in total. The average Bonchev–Trinajstić information content (AvgIpc) is 3.23. The summed E-state index contributed by atoms with van der Waals surface area (Å²) in [4.78, 5) is 19.0. The summed E-state index contributed by atoms with van der Waals surface area (Å²) in [5.74, 6) is 2.16. The number of methoxy groups -OCH3 is 1. The predicted octanol–water partition coefficient (Wildman–Crippen LogP) is 2.15. The van der Waals surface area contributed by atoms with Crippen molar-refractivity contribution in [2.24, 2.45) is 0 Å². The van der Waals surface area contributed by atoms with Crippen LogP contribution in [0.15, 0.2) is 28.8 Å². The first-order valence-corrected chi connectivity index (χ1v) is 10.2. The number of nitrogens with one attached hydrogen (secondary N) is 1. The molecule has 0 radical (unpaired) electrons. The van der Waals surface area contributed by atoms with Crippen LogP contribution in [0.4, 0.5) is 0 Å². The molecule has 8 heteroatoms. The largest absolute Gasteiger partial charge is 0.497 e. The normalized spacial score (nSPS) is 15.8. The van der Waals surface area contributed by atoms with Crippen LogP contribution in [-0.4, -0.2) is 60.9 Å². The Hall–Kier alpha value is -2.45. The molecule has 0 bridgehead atoms. The van der Waals surface area contributed by atoms with Crippen molar-refractivity contribution in [3.8, 4) is 5.75 Å². The molecule has 0 aliphatic carbocycles. The van der Waals surface area contributed by atoms with E-state index in [4.69, 9.17) is 14.0 Å². The van der Waals surface area contributed by atoms with Gasteiger partial charge in [0.2, 0.25) is 11.8 Å². The van der Waals surface area contributed by atoms with Crippen molar-refractivity contribution in [3.05, 3.63) is 41.5 Å². The van der Waals surface area contributed by atoms with Crippen LogP contribution in [-0.2, 0) is 22.4 Å². The van der Waals surface area contributed by atoms with Gasteiger partial charge in [-0.25, -0.2) is 0 Å². The van der Waals surface area contributed by atoms with E-state index < -0.39 is 0 Å². The Kier molecular flexibility index (Phi) is 8.01. The topological polar surface area (TPSA) is 89.7 Å². The molecular weight excluding hydrogens is 372 g/mol. The van der Waals surface area contributed by atoms with Crippen molar-refractivity contribution >= 4 is 5.91 Å². The number of hydrogen-bond acceptors (Lipinski definition) is 7. The highest BCUT2D eigenvalue weighted by atomic mass is 16.5. The Morgan fingerprint density at radius 1 is 1.28 bits per heavy atom. The molecule has 1 aliphatic heterocycles. The summed E-state index contributed by atoms with van der Waals surface area (Å²) in [5.41, 5.74) is 1.16. The average molecular weight is 402 g/mol. The molecule has 1 aromatic carbocycles. The third-order valence-electron chi connectivity index (χ3n) is 5.10. The van der Waals surface area contributed by atoms with E-state index in [0.29, 0.717) is 50.7 Å². The van der Waals surface area contributed by atoms with Gasteiger partial charge in [0, 0.05) is 38.9 Å². The van der Waals surface area contributed by atoms with Gasteiger partial charge < -0.3 is 19.3 Å². The fourth-order valence-corrected chi connectivity index (χ4v) is 3.41. The van der Waals surface area contributed by atoms with Crippen LogP contribution in [0.3, 0.4) is 0 Å². The lowest BCUT2D eigenvalue weighted by atomic mass is 10.0. The van der Waals surface area contributed by atoms with Crippen molar-refractivity contribution < 1.29 is 18.8 Å². The molecule has 1 aromatic heterocycles. The van der Waals surface area contributed by atoms with Gasteiger partial charge in [0.15, 0.2) is 5.82 Å². The van der Waals surface area contributed by atoms with Gasteiger partial charge in [-0.1, -0.05) is 24.2 Å². The summed E-state index contributed by atoms with van der Waals surface area (Å²) in [7, 11) is 1.66. The number of benzene rings is 1. The number of carbonyl (C=O) groups excluding carboxylic acids is 1. The Morgan fingerprint density at radius 3 is 2.69 bits per heavy atom. The van der Waals surface area contributed by atoms with E-state index >= 15 is 0 Å². The maximum Gasteiger partial charge on any atom is 0.226 e. The second-order valence-corrected chi connectivity index (χ2v) is 7.05. The number of amides is 1. The lowest BCUT2D eigenvalue weighted by Crippen LogP contribution is -2.43. The third kappa shape index (κ3) is 6.27. The molecule has 8 nitrogen and oxygen atoms in total. The summed E-state index contributed by atoms with van der Waals surface area (Å²) < 4.78 is 15.9. The van der Waals surface area contributed by atoms with Crippen molar-refractivity contribution in [1.29, 1.82) is 0 Å². The zero-order valence-corrected chi connectivity index (χ0v) is 17.2. The first-order chi connectivity index (χ1) is 14.2. The van der Waals surface area contributed by atoms with Crippen LogP contribution in [0, 0.1) is 0 Å². The van der Waals surface area contributed by atoms with E-state index in [-0.39, 0.29) is 11.9 Å². The van der Waals surface area contributed by atoms with Crippen molar-refractivity contribution in [3.63, 3.8) is 0 Å². The number of hydrogen-bond donors (Lipinski definition) is 1. The first kappa shape index (κ1) is 21.3. The van der Waals surface area contributed by atoms with Gasteiger partial charge in [-0.05, 0) is 24.1 Å². The lowest BCUT2D eigenvalue weighted by molar-refractivity contribution is -0.121.